The van der Waals surface area contributed by atoms with Gasteiger partial charge in [0.05, 0.1) is 25.1 Å². The molecule has 1 aliphatic rings. The standard InChI is InChI=1S/C20H24N4O3/c1-3-16-6-4-5-11-24(16)19(25)17-12-22-18(13-21-17)23-15-9-7-14(8-10-15)20(26)27-2/h7-10,12-13,16H,3-6,11H2,1-2H3,(H,22,23). The lowest BCUT2D eigenvalue weighted by molar-refractivity contribution is 0.0593. The van der Waals surface area contributed by atoms with Crippen LogP contribution in [0.3, 0.4) is 0 Å². The van der Waals surface area contributed by atoms with Crippen molar-refractivity contribution in [2.24, 2.45) is 0 Å². The fourth-order valence-electron chi connectivity index (χ4n) is 3.30. The van der Waals surface area contributed by atoms with Crippen LogP contribution in [0.2, 0.25) is 0 Å². The number of piperidine rings is 1. The maximum atomic E-state index is 12.7. The number of hydrogen-bond donors (Lipinski definition) is 1. The molecule has 1 fully saturated rings. The second kappa shape index (κ2) is 8.62. The van der Waals surface area contributed by atoms with Crippen LogP contribution in [-0.4, -0.2) is 46.4 Å². The molecule has 1 aliphatic heterocycles. The van der Waals surface area contributed by atoms with Crippen molar-refractivity contribution < 1.29 is 14.3 Å². The Hall–Kier alpha value is -2.96. The van der Waals surface area contributed by atoms with Crippen LogP contribution in [0.4, 0.5) is 11.5 Å². The summed E-state index contributed by atoms with van der Waals surface area (Å²) < 4.78 is 4.68. The molecule has 1 unspecified atom stereocenters. The molecule has 0 bridgehead atoms. The summed E-state index contributed by atoms with van der Waals surface area (Å²) in [7, 11) is 1.35. The lowest BCUT2D eigenvalue weighted by atomic mass is 10.00. The number of carbonyl (C=O) groups is 2. The summed E-state index contributed by atoms with van der Waals surface area (Å²) in [6, 6.07) is 7.14. The Balaban J connectivity index is 1.66. The van der Waals surface area contributed by atoms with Crippen molar-refractivity contribution in [2.45, 2.75) is 38.6 Å². The van der Waals surface area contributed by atoms with E-state index in [1.54, 1.807) is 30.5 Å². The molecule has 1 aromatic carbocycles. The number of rotatable bonds is 5. The Labute approximate surface area is 158 Å². The lowest BCUT2D eigenvalue weighted by Crippen LogP contribution is -2.43. The van der Waals surface area contributed by atoms with Crippen LogP contribution in [0.25, 0.3) is 0 Å². The highest BCUT2D eigenvalue weighted by atomic mass is 16.5. The number of carbonyl (C=O) groups excluding carboxylic acids is 2. The van der Waals surface area contributed by atoms with E-state index >= 15 is 0 Å². The van der Waals surface area contributed by atoms with Crippen molar-refractivity contribution in [2.75, 3.05) is 19.0 Å². The van der Waals surface area contributed by atoms with Gasteiger partial charge in [-0.1, -0.05) is 6.92 Å². The molecule has 1 aromatic heterocycles. The average Bonchev–Trinajstić information content (AvgIpc) is 2.73. The van der Waals surface area contributed by atoms with Gasteiger partial charge in [-0.25, -0.2) is 14.8 Å². The average molecular weight is 368 g/mol. The first-order valence-electron chi connectivity index (χ1n) is 9.20. The van der Waals surface area contributed by atoms with Gasteiger partial charge in [-0.05, 0) is 49.9 Å². The first-order chi connectivity index (χ1) is 13.1. The van der Waals surface area contributed by atoms with Gasteiger partial charge in [0.15, 0.2) is 0 Å². The van der Waals surface area contributed by atoms with Crippen molar-refractivity contribution in [3.63, 3.8) is 0 Å². The van der Waals surface area contributed by atoms with Gasteiger partial charge in [-0.2, -0.15) is 0 Å². The van der Waals surface area contributed by atoms with Crippen LogP contribution in [0.1, 0.15) is 53.5 Å². The number of hydrogen-bond acceptors (Lipinski definition) is 6. The van der Waals surface area contributed by atoms with Gasteiger partial charge >= 0.3 is 5.97 Å². The van der Waals surface area contributed by atoms with E-state index in [0.29, 0.717) is 23.1 Å². The SMILES string of the molecule is CCC1CCCCN1C(=O)c1cnc(Nc2ccc(C(=O)OC)cc2)cn1. The van der Waals surface area contributed by atoms with Crippen molar-refractivity contribution in [3.05, 3.63) is 47.9 Å². The zero-order chi connectivity index (χ0) is 19.2. The number of amides is 1. The predicted octanol–water partition coefficient (Wildman–Crippen LogP) is 3.41. The maximum Gasteiger partial charge on any atom is 0.337 e. The van der Waals surface area contributed by atoms with Gasteiger partial charge in [0.25, 0.3) is 5.91 Å². The molecule has 1 atom stereocenters. The number of nitrogens with zero attached hydrogens (tertiary/aromatic N) is 3. The zero-order valence-electron chi connectivity index (χ0n) is 15.6. The summed E-state index contributed by atoms with van der Waals surface area (Å²) in [6.45, 7) is 2.89. The fourth-order valence-corrected chi connectivity index (χ4v) is 3.30. The molecule has 7 nitrogen and oxygen atoms in total. The maximum absolute atomic E-state index is 12.7. The van der Waals surface area contributed by atoms with E-state index in [1.807, 2.05) is 4.90 Å². The summed E-state index contributed by atoms with van der Waals surface area (Å²) in [5.74, 6) is 0.0957. The van der Waals surface area contributed by atoms with Crippen LogP contribution in [0.15, 0.2) is 36.7 Å². The normalized spacial score (nSPS) is 16.7. The number of likely N-dealkylation sites (tertiary alicyclic amines) is 1. The second-order valence-corrected chi connectivity index (χ2v) is 6.54. The molecule has 0 radical (unpaired) electrons. The zero-order valence-corrected chi connectivity index (χ0v) is 15.6. The number of aromatic nitrogens is 2. The molecular formula is C20H24N4O3. The molecule has 0 aliphatic carbocycles. The van der Waals surface area contributed by atoms with Gasteiger partial charge in [0.1, 0.15) is 11.5 Å². The van der Waals surface area contributed by atoms with E-state index < -0.39 is 0 Å². The first kappa shape index (κ1) is 18.8. The highest BCUT2D eigenvalue weighted by Gasteiger charge is 2.27. The summed E-state index contributed by atoms with van der Waals surface area (Å²) in [6.07, 6.45) is 7.28. The van der Waals surface area contributed by atoms with E-state index in [-0.39, 0.29) is 11.9 Å². The van der Waals surface area contributed by atoms with E-state index in [2.05, 4.69) is 26.9 Å². The highest BCUT2D eigenvalue weighted by molar-refractivity contribution is 5.92. The molecule has 0 spiro atoms. The third kappa shape index (κ3) is 4.42. The molecule has 3 rings (SSSR count). The van der Waals surface area contributed by atoms with Crippen molar-refractivity contribution >= 4 is 23.4 Å². The molecule has 7 heteroatoms. The Morgan fingerprint density at radius 2 is 1.96 bits per heavy atom. The summed E-state index contributed by atoms with van der Waals surface area (Å²) in [5.41, 5.74) is 1.60. The van der Waals surface area contributed by atoms with Gasteiger partial charge in [0.2, 0.25) is 0 Å². The molecule has 0 saturated carbocycles. The van der Waals surface area contributed by atoms with Gasteiger partial charge in [-0.15, -0.1) is 0 Å². The van der Waals surface area contributed by atoms with Gasteiger partial charge < -0.3 is 15.0 Å². The largest absolute Gasteiger partial charge is 0.465 e. The molecular weight excluding hydrogens is 344 g/mol. The number of nitrogens with one attached hydrogen (secondary N) is 1. The number of esters is 1. The third-order valence-corrected chi connectivity index (χ3v) is 4.81. The first-order valence-corrected chi connectivity index (χ1v) is 9.20. The van der Waals surface area contributed by atoms with Crippen molar-refractivity contribution in [1.29, 1.82) is 0 Å². The second-order valence-electron chi connectivity index (χ2n) is 6.54. The van der Waals surface area contributed by atoms with Crippen LogP contribution < -0.4 is 5.32 Å². The van der Waals surface area contributed by atoms with Crippen molar-refractivity contribution in [3.8, 4) is 0 Å². The van der Waals surface area contributed by atoms with Crippen LogP contribution in [0.5, 0.6) is 0 Å². The highest BCUT2D eigenvalue weighted by Crippen LogP contribution is 2.21. The van der Waals surface area contributed by atoms with E-state index in [0.717, 1.165) is 31.5 Å². The molecule has 1 saturated heterocycles. The number of anilines is 2. The summed E-state index contributed by atoms with van der Waals surface area (Å²) >= 11 is 0. The summed E-state index contributed by atoms with van der Waals surface area (Å²) in [4.78, 5) is 34.7. The minimum absolute atomic E-state index is 0.0527. The molecule has 2 heterocycles. The Bertz CT molecular complexity index is 790. The van der Waals surface area contributed by atoms with Crippen LogP contribution >= 0.6 is 0 Å². The van der Waals surface area contributed by atoms with E-state index in [9.17, 15) is 9.59 Å². The van der Waals surface area contributed by atoms with Gasteiger partial charge in [0, 0.05) is 18.3 Å². The van der Waals surface area contributed by atoms with Gasteiger partial charge in [-0.3, -0.25) is 4.79 Å². The molecule has 142 valence electrons. The molecule has 27 heavy (non-hydrogen) atoms. The lowest BCUT2D eigenvalue weighted by Gasteiger charge is -2.34. The number of methoxy groups -OCH3 is 1. The van der Waals surface area contributed by atoms with Crippen LogP contribution in [0, 0.1) is 0 Å². The number of ether oxygens (including phenoxy) is 1. The third-order valence-electron chi connectivity index (χ3n) is 4.81. The smallest absolute Gasteiger partial charge is 0.337 e. The molecule has 2 aromatic rings. The Morgan fingerprint density at radius 3 is 2.59 bits per heavy atom. The Morgan fingerprint density at radius 1 is 1.19 bits per heavy atom. The number of benzene rings is 1. The van der Waals surface area contributed by atoms with Crippen LogP contribution in [-0.2, 0) is 4.74 Å². The monoisotopic (exact) mass is 368 g/mol. The Kier molecular flexibility index (Phi) is 6.01. The molecule has 1 amide bonds. The minimum Gasteiger partial charge on any atom is -0.465 e. The predicted molar refractivity (Wildman–Crippen MR) is 102 cm³/mol. The summed E-state index contributed by atoms with van der Waals surface area (Å²) in [5, 5.41) is 3.10. The fraction of sp³-hybridized carbons (Fsp3) is 0.400. The van der Waals surface area contributed by atoms with Crippen molar-refractivity contribution in [1.82, 2.24) is 14.9 Å². The minimum atomic E-state index is -0.382. The molecule has 1 N–H and O–H groups in total. The van der Waals surface area contributed by atoms with E-state index in [4.69, 9.17) is 0 Å². The topological polar surface area (TPSA) is 84.4 Å². The quantitative estimate of drug-likeness (QED) is 0.814. The van der Waals surface area contributed by atoms with E-state index in [1.165, 1.54) is 19.7 Å².